The number of carboxylic acid groups (broad SMARTS) is 1. The van der Waals surface area contributed by atoms with Gasteiger partial charge in [-0.2, -0.15) is 0 Å². The van der Waals surface area contributed by atoms with E-state index < -0.39 is 42.5 Å². The van der Waals surface area contributed by atoms with Crippen LogP contribution in [0.15, 0.2) is 24.3 Å². The number of benzene rings is 1. The van der Waals surface area contributed by atoms with Crippen molar-refractivity contribution < 1.29 is 29.7 Å². The molecular weight excluding hydrogens is 368 g/mol. The Morgan fingerprint density at radius 3 is 2.14 bits per heavy atom. The van der Waals surface area contributed by atoms with Crippen LogP contribution in [0.5, 0.6) is 5.75 Å². The molecule has 0 radical (unpaired) electrons. The molecule has 0 bridgehead atoms. The second-order valence-corrected chi connectivity index (χ2v) is 6.40. The van der Waals surface area contributed by atoms with E-state index in [0.29, 0.717) is 24.9 Å². The van der Waals surface area contributed by atoms with Gasteiger partial charge in [0.15, 0.2) is 0 Å². The van der Waals surface area contributed by atoms with E-state index in [4.69, 9.17) is 16.6 Å². The van der Waals surface area contributed by atoms with Crippen molar-refractivity contribution in [3.63, 3.8) is 0 Å². The molecule has 10 nitrogen and oxygen atoms in total. The monoisotopic (exact) mass is 396 g/mol. The number of nitrogens with two attached hydrogens (primary N) is 2. The molecule has 1 aromatic rings. The van der Waals surface area contributed by atoms with Gasteiger partial charge in [0, 0.05) is 6.42 Å². The zero-order chi connectivity index (χ0) is 21.1. The van der Waals surface area contributed by atoms with Crippen LogP contribution in [0.25, 0.3) is 0 Å². The third-order valence-electron chi connectivity index (χ3n) is 4.10. The van der Waals surface area contributed by atoms with Crippen LogP contribution in [0.2, 0.25) is 0 Å². The number of nitrogens with one attached hydrogen (secondary N) is 2. The molecule has 1 rings (SSSR count). The fourth-order valence-electron chi connectivity index (χ4n) is 2.46. The fourth-order valence-corrected chi connectivity index (χ4v) is 2.46. The molecule has 0 heterocycles. The van der Waals surface area contributed by atoms with Gasteiger partial charge in [0.25, 0.3) is 0 Å². The molecule has 3 atom stereocenters. The van der Waals surface area contributed by atoms with Crippen LogP contribution in [-0.2, 0) is 20.8 Å². The number of phenolic OH excluding ortho intramolecular Hbond substituents is 1. The van der Waals surface area contributed by atoms with Gasteiger partial charge >= 0.3 is 5.97 Å². The number of aliphatic hydroxyl groups is 1. The summed E-state index contributed by atoms with van der Waals surface area (Å²) in [5.74, 6) is -2.57. The van der Waals surface area contributed by atoms with Crippen molar-refractivity contribution in [2.45, 2.75) is 43.8 Å². The van der Waals surface area contributed by atoms with E-state index in [1.54, 1.807) is 12.1 Å². The van der Waals surface area contributed by atoms with Crippen molar-refractivity contribution in [3.8, 4) is 5.75 Å². The lowest BCUT2D eigenvalue weighted by Crippen LogP contribution is -2.55. The predicted molar refractivity (Wildman–Crippen MR) is 101 cm³/mol. The number of hydrogen-bond acceptors (Lipinski definition) is 7. The summed E-state index contributed by atoms with van der Waals surface area (Å²) >= 11 is 0. The summed E-state index contributed by atoms with van der Waals surface area (Å²) in [7, 11) is 0. The second-order valence-electron chi connectivity index (χ2n) is 6.40. The molecule has 2 amide bonds. The van der Waals surface area contributed by atoms with Crippen molar-refractivity contribution in [2.24, 2.45) is 11.5 Å². The maximum absolute atomic E-state index is 12.6. The van der Waals surface area contributed by atoms with E-state index in [-0.39, 0.29) is 18.6 Å². The third-order valence-corrected chi connectivity index (χ3v) is 4.10. The molecule has 0 aliphatic carbocycles. The summed E-state index contributed by atoms with van der Waals surface area (Å²) in [5.41, 5.74) is 11.5. The average Bonchev–Trinajstić information content (AvgIpc) is 2.67. The average molecular weight is 396 g/mol. The number of carbonyl (C=O) groups is 3. The highest BCUT2D eigenvalue weighted by molar-refractivity contribution is 5.92. The Labute approximate surface area is 162 Å². The minimum atomic E-state index is -1.21. The first kappa shape index (κ1) is 23.3. The van der Waals surface area contributed by atoms with Gasteiger partial charge in [0.05, 0.1) is 6.61 Å². The number of aliphatic carboxylic acids is 1. The molecule has 0 aliphatic heterocycles. The quantitative estimate of drug-likeness (QED) is 0.206. The number of unbranched alkanes of at least 4 members (excludes halogenated alkanes) is 1. The largest absolute Gasteiger partial charge is 0.508 e. The Balaban J connectivity index is 2.90. The molecule has 0 saturated carbocycles. The highest BCUT2D eigenvalue weighted by Gasteiger charge is 2.27. The maximum Gasteiger partial charge on any atom is 0.326 e. The number of hydrogen-bond donors (Lipinski definition) is 7. The normalized spacial score (nSPS) is 14.0. The van der Waals surface area contributed by atoms with E-state index in [1.165, 1.54) is 12.1 Å². The first-order chi connectivity index (χ1) is 13.3. The third kappa shape index (κ3) is 7.91. The van der Waals surface area contributed by atoms with Gasteiger partial charge in [-0.3, -0.25) is 9.59 Å². The Bertz CT molecular complexity index is 652. The van der Waals surface area contributed by atoms with E-state index in [1.807, 2.05) is 0 Å². The van der Waals surface area contributed by atoms with Crippen molar-refractivity contribution in [1.82, 2.24) is 10.6 Å². The first-order valence-corrected chi connectivity index (χ1v) is 8.96. The summed E-state index contributed by atoms with van der Waals surface area (Å²) in [6.07, 6.45) is 1.40. The van der Waals surface area contributed by atoms with E-state index in [9.17, 15) is 24.6 Å². The van der Waals surface area contributed by atoms with Crippen LogP contribution >= 0.6 is 0 Å². The molecule has 9 N–H and O–H groups in total. The number of aliphatic hydroxyl groups excluding tert-OH is 1. The van der Waals surface area contributed by atoms with Gasteiger partial charge < -0.3 is 37.4 Å². The van der Waals surface area contributed by atoms with E-state index in [0.717, 1.165) is 0 Å². The smallest absolute Gasteiger partial charge is 0.326 e. The Morgan fingerprint density at radius 2 is 1.61 bits per heavy atom. The minimum Gasteiger partial charge on any atom is -0.508 e. The molecule has 0 spiro atoms. The zero-order valence-corrected chi connectivity index (χ0v) is 15.5. The summed E-state index contributed by atoms with van der Waals surface area (Å²) < 4.78 is 0. The van der Waals surface area contributed by atoms with E-state index >= 15 is 0 Å². The summed E-state index contributed by atoms with van der Waals surface area (Å²) in [6, 6.07) is 2.57. The van der Waals surface area contributed by atoms with Crippen molar-refractivity contribution in [3.05, 3.63) is 29.8 Å². The van der Waals surface area contributed by atoms with Gasteiger partial charge in [0.2, 0.25) is 11.8 Å². The van der Waals surface area contributed by atoms with Gasteiger partial charge in [-0.15, -0.1) is 0 Å². The van der Waals surface area contributed by atoms with Crippen molar-refractivity contribution in [1.29, 1.82) is 0 Å². The van der Waals surface area contributed by atoms with Gasteiger partial charge in [-0.25, -0.2) is 4.79 Å². The summed E-state index contributed by atoms with van der Waals surface area (Å²) in [6.45, 7) is -0.185. The number of amides is 2. The minimum absolute atomic E-state index is 0.0435. The topological polar surface area (TPSA) is 188 Å². The van der Waals surface area contributed by atoms with Gasteiger partial charge in [-0.05, 0) is 43.5 Å². The zero-order valence-electron chi connectivity index (χ0n) is 15.5. The maximum atomic E-state index is 12.6. The lowest BCUT2D eigenvalue weighted by atomic mass is 10.0. The van der Waals surface area contributed by atoms with Gasteiger partial charge in [0.1, 0.15) is 23.9 Å². The van der Waals surface area contributed by atoms with Crippen LogP contribution in [0, 0.1) is 0 Å². The summed E-state index contributed by atoms with van der Waals surface area (Å²) in [4.78, 5) is 36.1. The highest BCUT2D eigenvalue weighted by Crippen LogP contribution is 2.12. The Morgan fingerprint density at radius 1 is 1.00 bits per heavy atom. The standard InChI is InChI=1S/C18H28N4O6/c19-8-2-1-3-14(18(27)28)21-17(26)15(22-16(25)13(20)10-23)9-11-4-6-12(24)7-5-11/h4-7,13-15,23-24H,1-3,8-10,19-20H2,(H,21,26)(H,22,25)(H,27,28). The molecule has 0 aromatic heterocycles. The molecule has 0 saturated heterocycles. The van der Waals surface area contributed by atoms with Crippen LogP contribution in [0.1, 0.15) is 24.8 Å². The fraction of sp³-hybridized carbons (Fsp3) is 0.500. The number of rotatable bonds is 12. The first-order valence-electron chi connectivity index (χ1n) is 8.96. The second kappa shape index (κ2) is 11.9. The molecule has 10 heteroatoms. The van der Waals surface area contributed by atoms with Crippen LogP contribution in [0.4, 0.5) is 0 Å². The number of phenols is 1. The molecule has 156 valence electrons. The molecule has 1 aromatic carbocycles. The molecule has 0 fully saturated rings. The van der Waals surface area contributed by atoms with Gasteiger partial charge in [-0.1, -0.05) is 12.1 Å². The van der Waals surface area contributed by atoms with Crippen molar-refractivity contribution in [2.75, 3.05) is 13.2 Å². The number of carboxylic acids is 1. The van der Waals surface area contributed by atoms with Crippen LogP contribution in [-0.4, -0.2) is 64.4 Å². The van der Waals surface area contributed by atoms with Crippen LogP contribution in [0.3, 0.4) is 0 Å². The number of carbonyl (C=O) groups excluding carboxylic acids is 2. The predicted octanol–water partition coefficient (Wildman–Crippen LogP) is -1.56. The van der Waals surface area contributed by atoms with E-state index in [2.05, 4.69) is 10.6 Å². The molecular formula is C18H28N4O6. The highest BCUT2D eigenvalue weighted by atomic mass is 16.4. The SMILES string of the molecule is NCCCCC(NC(=O)C(Cc1ccc(O)cc1)NC(=O)C(N)CO)C(=O)O. The van der Waals surface area contributed by atoms with Crippen molar-refractivity contribution >= 4 is 17.8 Å². The molecule has 3 unspecified atom stereocenters. The lowest BCUT2D eigenvalue weighted by Gasteiger charge is -2.22. The molecule has 0 aliphatic rings. The lowest BCUT2D eigenvalue weighted by molar-refractivity contribution is -0.142. The Hall–Kier alpha value is -2.69. The van der Waals surface area contributed by atoms with Crippen LogP contribution < -0.4 is 22.1 Å². The Kier molecular flexibility index (Phi) is 9.93. The number of aromatic hydroxyl groups is 1. The molecule has 28 heavy (non-hydrogen) atoms. The summed E-state index contributed by atoms with van der Waals surface area (Å²) in [5, 5.41) is 32.5.